The van der Waals surface area contributed by atoms with Gasteiger partial charge in [0.15, 0.2) is 0 Å². The van der Waals surface area contributed by atoms with E-state index in [9.17, 15) is 8.78 Å². The van der Waals surface area contributed by atoms with Crippen LogP contribution >= 0.6 is 0 Å². The molecule has 2 rings (SSSR count). The van der Waals surface area contributed by atoms with E-state index in [2.05, 4.69) is 0 Å². The van der Waals surface area contributed by atoms with E-state index in [4.69, 9.17) is 15.2 Å². The molecule has 0 spiro atoms. The molecular formula is C12H15F2NO2. The van der Waals surface area contributed by atoms with Crippen LogP contribution in [0, 0.1) is 0 Å². The van der Waals surface area contributed by atoms with Gasteiger partial charge in [0, 0.05) is 17.2 Å². The van der Waals surface area contributed by atoms with Crippen molar-refractivity contribution in [1.82, 2.24) is 0 Å². The molecule has 1 aliphatic carbocycles. The monoisotopic (exact) mass is 243 g/mol. The maximum Gasteiger partial charge on any atom is 0.267 e. The van der Waals surface area contributed by atoms with Crippen molar-refractivity contribution in [3.63, 3.8) is 0 Å². The average molecular weight is 243 g/mol. The number of rotatable bonds is 4. The fourth-order valence-electron chi connectivity index (χ4n) is 1.89. The van der Waals surface area contributed by atoms with Crippen molar-refractivity contribution < 1.29 is 18.3 Å². The third kappa shape index (κ3) is 2.07. The van der Waals surface area contributed by atoms with Crippen LogP contribution in [0.4, 0.5) is 8.78 Å². The standard InChI is InChI=1S/C12H15F2NO2/c1-16-9-6-10(17-2)8(12(15)3-4-12)5-7(9)11(13)14/h5-6,11H,3-4,15H2,1-2H3. The van der Waals surface area contributed by atoms with Gasteiger partial charge in [0.1, 0.15) is 11.5 Å². The lowest BCUT2D eigenvalue weighted by molar-refractivity contribution is 0.146. The third-order valence-electron chi connectivity index (χ3n) is 3.11. The van der Waals surface area contributed by atoms with Gasteiger partial charge < -0.3 is 15.2 Å². The predicted octanol–water partition coefficient (Wildman–Crippen LogP) is 2.59. The van der Waals surface area contributed by atoms with Crippen molar-refractivity contribution in [3.05, 3.63) is 23.3 Å². The van der Waals surface area contributed by atoms with E-state index in [1.54, 1.807) is 0 Å². The molecule has 0 bridgehead atoms. The summed E-state index contributed by atoms with van der Waals surface area (Å²) in [6.45, 7) is 0. The predicted molar refractivity (Wildman–Crippen MR) is 59.6 cm³/mol. The smallest absolute Gasteiger partial charge is 0.267 e. The van der Waals surface area contributed by atoms with E-state index in [1.807, 2.05) is 0 Å². The topological polar surface area (TPSA) is 44.5 Å². The second-order valence-corrected chi connectivity index (χ2v) is 4.25. The van der Waals surface area contributed by atoms with Crippen molar-refractivity contribution in [2.45, 2.75) is 24.8 Å². The van der Waals surface area contributed by atoms with E-state index < -0.39 is 12.0 Å². The van der Waals surface area contributed by atoms with Gasteiger partial charge in [-0.15, -0.1) is 0 Å². The first-order chi connectivity index (χ1) is 8.01. The lowest BCUT2D eigenvalue weighted by atomic mass is 10.0. The second-order valence-electron chi connectivity index (χ2n) is 4.25. The van der Waals surface area contributed by atoms with Crippen molar-refractivity contribution in [2.75, 3.05) is 14.2 Å². The number of benzene rings is 1. The van der Waals surface area contributed by atoms with Crippen LogP contribution in [0.1, 0.15) is 30.4 Å². The average Bonchev–Trinajstić information content (AvgIpc) is 3.06. The minimum absolute atomic E-state index is 0.129. The number of hydrogen-bond acceptors (Lipinski definition) is 3. The highest BCUT2D eigenvalue weighted by atomic mass is 19.3. The highest BCUT2D eigenvalue weighted by Crippen LogP contribution is 2.49. The molecule has 0 atom stereocenters. The minimum atomic E-state index is -2.59. The molecule has 17 heavy (non-hydrogen) atoms. The van der Waals surface area contributed by atoms with Gasteiger partial charge in [0.25, 0.3) is 6.43 Å². The summed E-state index contributed by atoms with van der Waals surface area (Å²) in [7, 11) is 2.85. The molecule has 0 aliphatic heterocycles. The molecule has 0 saturated heterocycles. The summed E-state index contributed by atoms with van der Waals surface area (Å²) >= 11 is 0. The molecule has 1 aliphatic rings. The number of alkyl halides is 2. The van der Waals surface area contributed by atoms with Crippen LogP contribution in [0.15, 0.2) is 12.1 Å². The fraction of sp³-hybridized carbons (Fsp3) is 0.500. The Bertz CT molecular complexity index is 431. The van der Waals surface area contributed by atoms with Crippen molar-refractivity contribution in [3.8, 4) is 11.5 Å². The van der Waals surface area contributed by atoms with Crippen LogP contribution in [-0.2, 0) is 5.54 Å². The van der Waals surface area contributed by atoms with Gasteiger partial charge in [0.05, 0.1) is 19.8 Å². The Labute approximate surface area is 98.5 Å². The molecule has 0 aromatic heterocycles. The first-order valence-corrected chi connectivity index (χ1v) is 5.35. The van der Waals surface area contributed by atoms with Crippen LogP contribution in [0.2, 0.25) is 0 Å². The summed E-state index contributed by atoms with van der Waals surface area (Å²) in [5.41, 5.74) is 6.02. The Morgan fingerprint density at radius 1 is 1.18 bits per heavy atom. The summed E-state index contributed by atoms with van der Waals surface area (Å²) in [5, 5.41) is 0. The Kier molecular flexibility index (Phi) is 2.95. The molecule has 1 aromatic carbocycles. The third-order valence-corrected chi connectivity index (χ3v) is 3.11. The largest absolute Gasteiger partial charge is 0.496 e. The van der Waals surface area contributed by atoms with Gasteiger partial charge >= 0.3 is 0 Å². The highest BCUT2D eigenvalue weighted by Gasteiger charge is 2.43. The van der Waals surface area contributed by atoms with Crippen LogP contribution in [0.5, 0.6) is 11.5 Å². The van der Waals surface area contributed by atoms with Crippen molar-refractivity contribution in [1.29, 1.82) is 0 Å². The van der Waals surface area contributed by atoms with E-state index in [-0.39, 0.29) is 11.3 Å². The van der Waals surface area contributed by atoms with Gasteiger partial charge in [-0.3, -0.25) is 0 Å². The molecule has 94 valence electrons. The van der Waals surface area contributed by atoms with E-state index in [0.29, 0.717) is 11.3 Å². The van der Waals surface area contributed by atoms with Crippen LogP contribution in [0.25, 0.3) is 0 Å². The van der Waals surface area contributed by atoms with Gasteiger partial charge in [0.2, 0.25) is 0 Å². The van der Waals surface area contributed by atoms with Crippen molar-refractivity contribution >= 4 is 0 Å². The Balaban J connectivity index is 2.54. The lowest BCUT2D eigenvalue weighted by Crippen LogP contribution is -2.20. The highest BCUT2D eigenvalue weighted by molar-refractivity contribution is 5.51. The number of halogens is 2. The summed E-state index contributed by atoms with van der Waals surface area (Å²) in [5.74, 6) is 0.635. The molecule has 2 N–H and O–H groups in total. The van der Waals surface area contributed by atoms with E-state index in [0.717, 1.165) is 12.8 Å². The Morgan fingerprint density at radius 3 is 2.18 bits per heavy atom. The van der Waals surface area contributed by atoms with Crippen LogP contribution in [-0.4, -0.2) is 14.2 Å². The Morgan fingerprint density at radius 2 is 1.76 bits per heavy atom. The zero-order chi connectivity index (χ0) is 12.6. The maximum atomic E-state index is 12.9. The summed E-state index contributed by atoms with van der Waals surface area (Å²) in [6.07, 6.45) is -1.01. The summed E-state index contributed by atoms with van der Waals surface area (Å²) < 4.78 is 35.9. The number of hydrogen-bond donors (Lipinski definition) is 1. The minimum Gasteiger partial charge on any atom is -0.496 e. The Hall–Kier alpha value is -1.36. The van der Waals surface area contributed by atoms with Crippen LogP contribution in [0.3, 0.4) is 0 Å². The van der Waals surface area contributed by atoms with Gasteiger partial charge in [-0.05, 0) is 18.9 Å². The maximum absolute atomic E-state index is 12.9. The molecule has 1 aromatic rings. The van der Waals surface area contributed by atoms with Gasteiger partial charge in [-0.25, -0.2) is 8.78 Å². The second kappa shape index (κ2) is 4.14. The first-order valence-electron chi connectivity index (χ1n) is 5.35. The molecule has 1 fully saturated rings. The number of methoxy groups -OCH3 is 2. The quantitative estimate of drug-likeness (QED) is 0.884. The molecule has 0 amide bonds. The molecular weight excluding hydrogens is 228 g/mol. The molecule has 5 heteroatoms. The number of nitrogens with two attached hydrogens (primary N) is 1. The SMILES string of the molecule is COc1cc(OC)c(C2(N)CC2)cc1C(F)F. The van der Waals surface area contributed by atoms with Crippen molar-refractivity contribution in [2.24, 2.45) is 5.73 Å². The molecule has 3 nitrogen and oxygen atoms in total. The van der Waals surface area contributed by atoms with Gasteiger partial charge in [-0.2, -0.15) is 0 Å². The molecule has 0 unspecified atom stereocenters. The molecule has 1 saturated carbocycles. The lowest BCUT2D eigenvalue weighted by Gasteiger charge is -2.18. The number of ether oxygens (including phenoxy) is 2. The van der Waals surface area contributed by atoms with Crippen LogP contribution < -0.4 is 15.2 Å². The summed E-state index contributed by atoms with van der Waals surface area (Å²) in [6, 6.07) is 2.87. The van der Waals surface area contributed by atoms with E-state index >= 15 is 0 Å². The molecule has 0 heterocycles. The zero-order valence-electron chi connectivity index (χ0n) is 9.80. The van der Waals surface area contributed by atoms with E-state index in [1.165, 1.54) is 26.4 Å². The first kappa shape index (κ1) is 12.1. The van der Waals surface area contributed by atoms with Gasteiger partial charge in [-0.1, -0.05) is 0 Å². The fourth-order valence-corrected chi connectivity index (χ4v) is 1.89. The molecule has 0 radical (unpaired) electrons. The summed E-state index contributed by atoms with van der Waals surface area (Å²) in [4.78, 5) is 0. The normalized spacial score (nSPS) is 17.1. The zero-order valence-corrected chi connectivity index (χ0v) is 9.80.